The minimum atomic E-state index is -0.173. The lowest BCUT2D eigenvalue weighted by atomic mass is 10.1. The number of carbonyl (C=O) groups excluding carboxylic acids is 1. The van der Waals surface area contributed by atoms with Crippen LogP contribution in [0.2, 0.25) is 0 Å². The van der Waals surface area contributed by atoms with Crippen LogP contribution in [0.15, 0.2) is 27.4 Å². The van der Waals surface area contributed by atoms with Gasteiger partial charge in [-0.05, 0) is 49.3 Å². The summed E-state index contributed by atoms with van der Waals surface area (Å²) < 4.78 is 5.22. The van der Waals surface area contributed by atoms with E-state index in [4.69, 9.17) is 4.52 Å². The van der Waals surface area contributed by atoms with Crippen LogP contribution >= 0.6 is 11.3 Å². The fourth-order valence-electron chi connectivity index (χ4n) is 2.30. The van der Waals surface area contributed by atoms with E-state index < -0.39 is 0 Å². The van der Waals surface area contributed by atoms with Crippen LogP contribution in [-0.2, 0) is 0 Å². The summed E-state index contributed by atoms with van der Waals surface area (Å²) in [6, 6.07) is 4.01. The van der Waals surface area contributed by atoms with Gasteiger partial charge in [0.25, 0.3) is 5.91 Å². The molecule has 1 atom stereocenters. The van der Waals surface area contributed by atoms with Crippen molar-refractivity contribution in [3.8, 4) is 0 Å². The van der Waals surface area contributed by atoms with Gasteiger partial charge in [-0.1, -0.05) is 5.16 Å². The van der Waals surface area contributed by atoms with Gasteiger partial charge in [0.15, 0.2) is 5.69 Å². The van der Waals surface area contributed by atoms with E-state index in [1.54, 1.807) is 17.4 Å². The average Bonchev–Trinajstić information content (AvgIpc) is 2.98. The lowest BCUT2D eigenvalue weighted by Crippen LogP contribution is -2.34. The molecule has 1 saturated carbocycles. The highest BCUT2D eigenvalue weighted by Crippen LogP contribution is 2.40. The van der Waals surface area contributed by atoms with E-state index >= 15 is 0 Å². The number of thiophene rings is 1. The van der Waals surface area contributed by atoms with Gasteiger partial charge in [-0.15, -0.1) is 0 Å². The maximum atomic E-state index is 12.1. The van der Waals surface area contributed by atoms with E-state index in [2.05, 4.69) is 26.8 Å². The Morgan fingerprint density at radius 2 is 2.38 bits per heavy atom. The summed E-state index contributed by atoms with van der Waals surface area (Å²) >= 11 is 1.66. The van der Waals surface area contributed by atoms with Crippen LogP contribution in [0.3, 0.4) is 0 Å². The van der Waals surface area contributed by atoms with Crippen molar-refractivity contribution in [3.63, 3.8) is 0 Å². The minimum absolute atomic E-state index is 0.162. The van der Waals surface area contributed by atoms with Gasteiger partial charge >= 0.3 is 0 Å². The SMILES string of the molecule is CN(C)[C@H](CNC(=O)c1cc(C2CC2)on1)c1ccsc1. The molecule has 0 radical (unpaired) electrons. The molecule has 1 N–H and O–H groups in total. The summed E-state index contributed by atoms with van der Waals surface area (Å²) in [5.41, 5.74) is 1.59. The quantitative estimate of drug-likeness (QED) is 0.891. The topological polar surface area (TPSA) is 58.4 Å². The monoisotopic (exact) mass is 305 g/mol. The molecule has 6 heteroatoms. The van der Waals surface area contributed by atoms with Crippen LogP contribution in [0.1, 0.15) is 46.6 Å². The molecule has 1 fully saturated rings. The highest BCUT2D eigenvalue weighted by Gasteiger charge is 2.29. The molecule has 5 nitrogen and oxygen atoms in total. The summed E-state index contributed by atoms with van der Waals surface area (Å²) in [4.78, 5) is 14.2. The number of nitrogens with one attached hydrogen (secondary N) is 1. The van der Waals surface area contributed by atoms with Gasteiger partial charge in [0.2, 0.25) is 0 Å². The van der Waals surface area contributed by atoms with Crippen LogP contribution in [0.25, 0.3) is 0 Å². The van der Waals surface area contributed by atoms with Crippen molar-refractivity contribution >= 4 is 17.2 Å². The zero-order valence-electron chi connectivity index (χ0n) is 12.2. The van der Waals surface area contributed by atoms with Crippen LogP contribution in [0.4, 0.5) is 0 Å². The second-order valence-electron chi connectivity index (χ2n) is 5.63. The number of hydrogen-bond acceptors (Lipinski definition) is 5. The fourth-order valence-corrected chi connectivity index (χ4v) is 3.01. The summed E-state index contributed by atoms with van der Waals surface area (Å²) in [7, 11) is 4.02. The third-order valence-electron chi connectivity index (χ3n) is 3.75. The fraction of sp³-hybridized carbons (Fsp3) is 0.467. The number of nitrogens with zero attached hydrogens (tertiary/aromatic N) is 2. The Kier molecular flexibility index (Phi) is 4.07. The van der Waals surface area contributed by atoms with Gasteiger partial charge in [-0.25, -0.2) is 0 Å². The maximum Gasteiger partial charge on any atom is 0.273 e. The molecule has 2 aromatic heterocycles. The molecule has 1 aliphatic rings. The van der Waals surface area contributed by atoms with Crippen molar-refractivity contribution in [1.29, 1.82) is 0 Å². The van der Waals surface area contributed by atoms with Gasteiger partial charge in [0.1, 0.15) is 5.76 Å². The zero-order valence-corrected chi connectivity index (χ0v) is 13.0. The predicted molar refractivity (Wildman–Crippen MR) is 81.6 cm³/mol. The molecule has 0 unspecified atom stereocenters. The Labute approximate surface area is 127 Å². The van der Waals surface area contributed by atoms with Crippen molar-refractivity contribution < 1.29 is 9.32 Å². The lowest BCUT2D eigenvalue weighted by Gasteiger charge is -2.23. The van der Waals surface area contributed by atoms with Crippen molar-refractivity contribution in [1.82, 2.24) is 15.4 Å². The minimum Gasteiger partial charge on any atom is -0.360 e. The van der Waals surface area contributed by atoms with Crippen molar-refractivity contribution in [2.45, 2.75) is 24.8 Å². The molecule has 112 valence electrons. The number of rotatable bonds is 6. The van der Waals surface area contributed by atoms with E-state index in [9.17, 15) is 4.79 Å². The standard InChI is InChI=1S/C15H19N3O2S/c1-18(2)13(11-5-6-21-9-11)8-16-15(19)12-7-14(20-17-12)10-3-4-10/h5-7,9-10,13H,3-4,8H2,1-2H3,(H,16,19)/t13-/m1/s1. The van der Waals surface area contributed by atoms with E-state index in [0.717, 1.165) is 18.6 Å². The average molecular weight is 305 g/mol. The van der Waals surface area contributed by atoms with E-state index in [-0.39, 0.29) is 11.9 Å². The molecule has 0 bridgehead atoms. The Morgan fingerprint density at radius 1 is 1.57 bits per heavy atom. The first-order valence-electron chi connectivity index (χ1n) is 7.08. The van der Waals surface area contributed by atoms with Crippen LogP contribution in [0.5, 0.6) is 0 Å². The molecule has 0 aliphatic heterocycles. The number of amides is 1. The predicted octanol–water partition coefficient (Wildman–Crippen LogP) is 2.65. The molecule has 2 heterocycles. The Hall–Kier alpha value is -1.66. The Balaban J connectivity index is 1.60. The van der Waals surface area contributed by atoms with Crippen molar-refractivity contribution in [3.05, 3.63) is 39.9 Å². The van der Waals surface area contributed by atoms with Crippen LogP contribution in [-0.4, -0.2) is 36.6 Å². The first kappa shape index (κ1) is 14.3. The summed E-state index contributed by atoms with van der Waals surface area (Å²) in [6.07, 6.45) is 2.27. The molecule has 1 amide bonds. The molecule has 0 aromatic carbocycles. The smallest absolute Gasteiger partial charge is 0.273 e. The summed E-state index contributed by atoms with van der Waals surface area (Å²) in [5, 5.41) is 11.0. The van der Waals surface area contributed by atoms with Crippen molar-refractivity contribution in [2.75, 3.05) is 20.6 Å². The largest absolute Gasteiger partial charge is 0.360 e. The summed E-state index contributed by atoms with van der Waals surface area (Å²) in [6.45, 7) is 0.550. The second kappa shape index (κ2) is 5.99. The van der Waals surface area contributed by atoms with Crippen LogP contribution < -0.4 is 5.32 Å². The van der Waals surface area contributed by atoms with E-state index in [1.165, 1.54) is 5.56 Å². The van der Waals surface area contributed by atoms with E-state index in [1.807, 2.05) is 19.5 Å². The molecular formula is C15H19N3O2S. The van der Waals surface area contributed by atoms with Gasteiger partial charge in [0, 0.05) is 18.5 Å². The number of hydrogen-bond donors (Lipinski definition) is 1. The van der Waals surface area contributed by atoms with Gasteiger partial charge in [-0.2, -0.15) is 11.3 Å². The molecule has 2 aromatic rings. The van der Waals surface area contributed by atoms with Crippen molar-refractivity contribution in [2.24, 2.45) is 0 Å². The maximum absolute atomic E-state index is 12.1. The Bertz CT molecular complexity index is 602. The summed E-state index contributed by atoms with van der Waals surface area (Å²) in [5.74, 6) is 1.13. The van der Waals surface area contributed by atoms with Crippen LogP contribution in [0, 0.1) is 0 Å². The lowest BCUT2D eigenvalue weighted by molar-refractivity contribution is 0.0933. The third-order valence-corrected chi connectivity index (χ3v) is 4.45. The van der Waals surface area contributed by atoms with Gasteiger partial charge in [-0.3, -0.25) is 4.79 Å². The van der Waals surface area contributed by atoms with Gasteiger partial charge < -0.3 is 14.7 Å². The molecule has 0 saturated heterocycles. The Morgan fingerprint density at radius 3 is 3.00 bits per heavy atom. The number of carbonyl (C=O) groups is 1. The first-order chi connectivity index (χ1) is 10.1. The molecule has 1 aliphatic carbocycles. The highest BCUT2D eigenvalue weighted by atomic mass is 32.1. The van der Waals surface area contributed by atoms with E-state index in [0.29, 0.717) is 18.2 Å². The number of likely N-dealkylation sites (N-methyl/N-ethyl adjacent to an activating group) is 1. The number of aromatic nitrogens is 1. The third kappa shape index (κ3) is 3.33. The molecule has 3 rings (SSSR count). The first-order valence-corrected chi connectivity index (χ1v) is 8.02. The zero-order chi connectivity index (χ0) is 14.8. The molecule has 0 spiro atoms. The highest BCUT2D eigenvalue weighted by molar-refractivity contribution is 7.07. The molecular weight excluding hydrogens is 286 g/mol. The molecule has 21 heavy (non-hydrogen) atoms. The normalized spacial score (nSPS) is 16.1. The van der Waals surface area contributed by atoms with Gasteiger partial charge in [0.05, 0.1) is 6.04 Å². The second-order valence-corrected chi connectivity index (χ2v) is 6.41.